The number of hydrogen-bond acceptors (Lipinski definition) is 5. The van der Waals surface area contributed by atoms with Crippen LogP contribution in [0.1, 0.15) is 26.7 Å². The lowest BCUT2D eigenvalue weighted by Gasteiger charge is -2.25. The van der Waals surface area contributed by atoms with Gasteiger partial charge in [-0.2, -0.15) is 5.26 Å². The average molecular weight is 276 g/mol. The van der Waals surface area contributed by atoms with Crippen molar-refractivity contribution in [1.82, 2.24) is 0 Å². The molecule has 1 aromatic rings. The molecule has 0 bridgehead atoms. The molecule has 108 valence electrons. The minimum absolute atomic E-state index is 0.000953. The summed E-state index contributed by atoms with van der Waals surface area (Å²) < 4.78 is 0. The summed E-state index contributed by atoms with van der Waals surface area (Å²) in [4.78, 5) is 12.5. The molecule has 0 spiro atoms. The van der Waals surface area contributed by atoms with E-state index in [9.17, 15) is 10.1 Å². The summed E-state index contributed by atoms with van der Waals surface area (Å²) in [6.07, 6.45) is 1.32. The number of nitriles is 1. The Morgan fingerprint density at radius 2 is 2.20 bits per heavy atom. The van der Waals surface area contributed by atoms with Gasteiger partial charge in [0.05, 0.1) is 17.4 Å². The van der Waals surface area contributed by atoms with E-state index in [4.69, 9.17) is 5.26 Å². The molecule has 1 N–H and O–H groups in total. The van der Waals surface area contributed by atoms with Crippen molar-refractivity contribution in [1.29, 1.82) is 5.26 Å². The zero-order chi connectivity index (χ0) is 15.1. The first-order valence-electron chi connectivity index (χ1n) is 6.62. The number of anilines is 2. The lowest BCUT2D eigenvalue weighted by molar-refractivity contribution is -0.384. The van der Waals surface area contributed by atoms with Crippen LogP contribution in [0.5, 0.6) is 0 Å². The monoisotopic (exact) mass is 276 g/mol. The zero-order valence-electron chi connectivity index (χ0n) is 12.1. The van der Waals surface area contributed by atoms with E-state index in [0.717, 1.165) is 24.3 Å². The molecule has 0 radical (unpaired) electrons. The van der Waals surface area contributed by atoms with E-state index in [0.29, 0.717) is 6.42 Å². The Morgan fingerprint density at radius 1 is 1.50 bits per heavy atom. The largest absolute Gasteiger partial charge is 0.385 e. The quantitative estimate of drug-likeness (QED) is 0.611. The molecule has 0 amide bonds. The molecule has 1 atom stereocenters. The van der Waals surface area contributed by atoms with Gasteiger partial charge < -0.3 is 10.2 Å². The molecule has 1 aromatic carbocycles. The van der Waals surface area contributed by atoms with Crippen LogP contribution in [0.4, 0.5) is 17.1 Å². The lowest BCUT2D eigenvalue weighted by Crippen LogP contribution is -2.28. The van der Waals surface area contributed by atoms with Crippen molar-refractivity contribution in [3.63, 3.8) is 0 Å². The van der Waals surface area contributed by atoms with Crippen molar-refractivity contribution in [2.45, 2.75) is 32.7 Å². The first-order chi connectivity index (χ1) is 9.49. The normalized spacial score (nSPS) is 11.5. The van der Waals surface area contributed by atoms with Gasteiger partial charge in [-0.15, -0.1) is 0 Å². The molecular formula is C14H20N4O2. The SMILES string of the molecule is CCCNc1cc(N(C)C(C)CC#N)cc([N+](=O)[O-])c1. The maximum absolute atomic E-state index is 11.0. The number of hydrogen-bond donors (Lipinski definition) is 1. The smallest absolute Gasteiger partial charge is 0.273 e. The van der Waals surface area contributed by atoms with E-state index < -0.39 is 4.92 Å². The fourth-order valence-corrected chi connectivity index (χ4v) is 1.80. The third kappa shape index (κ3) is 4.12. The third-order valence-electron chi connectivity index (χ3n) is 3.15. The molecule has 0 heterocycles. The van der Waals surface area contributed by atoms with Gasteiger partial charge in [0.2, 0.25) is 0 Å². The summed E-state index contributed by atoms with van der Waals surface area (Å²) in [6, 6.07) is 7.05. The topological polar surface area (TPSA) is 82.2 Å². The minimum atomic E-state index is -0.399. The molecule has 6 heteroatoms. The number of rotatable bonds is 7. The molecule has 0 aliphatic rings. The molecule has 0 saturated carbocycles. The summed E-state index contributed by atoms with van der Waals surface area (Å²) >= 11 is 0. The molecule has 0 aliphatic heterocycles. The van der Waals surface area contributed by atoms with Gasteiger partial charge in [0, 0.05) is 43.1 Å². The Hall–Kier alpha value is -2.29. The first-order valence-corrected chi connectivity index (χ1v) is 6.62. The second kappa shape index (κ2) is 7.34. The number of nitro benzene ring substituents is 1. The van der Waals surface area contributed by atoms with E-state index in [1.807, 2.05) is 31.9 Å². The Kier molecular flexibility index (Phi) is 5.78. The van der Waals surface area contributed by atoms with Gasteiger partial charge in [0.1, 0.15) is 0 Å². The van der Waals surface area contributed by atoms with Crippen LogP contribution in [0.25, 0.3) is 0 Å². The predicted molar refractivity (Wildman–Crippen MR) is 80.0 cm³/mol. The van der Waals surface area contributed by atoms with Crippen LogP contribution in [-0.4, -0.2) is 24.6 Å². The molecule has 0 aliphatic carbocycles. The highest BCUT2D eigenvalue weighted by atomic mass is 16.6. The van der Waals surface area contributed by atoms with Crippen LogP contribution in [0.2, 0.25) is 0 Å². The number of nitrogens with zero attached hydrogens (tertiary/aromatic N) is 3. The molecule has 1 rings (SSSR count). The van der Waals surface area contributed by atoms with Gasteiger partial charge in [0.25, 0.3) is 5.69 Å². The molecule has 6 nitrogen and oxygen atoms in total. The zero-order valence-corrected chi connectivity index (χ0v) is 12.1. The van der Waals surface area contributed by atoms with Crippen molar-refractivity contribution >= 4 is 17.1 Å². The highest BCUT2D eigenvalue weighted by Crippen LogP contribution is 2.27. The molecule has 1 unspecified atom stereocenters. The number of non-ortho nitro benzene ring substituents is 1. The van der Waals surface area contributed by atoms with Crippen molar-refractivity contribution in [2.24, 2.45) is 0 Å². The highest BCUT2D eigenvalue weighted by molar-refractivity contribution is 5.64. The van der Waals surface area contributed by atoms with Crippen molar-refractivity contribution in [3.05, 3.63) is 28.3 Å². The summed E-state index contributed by atoms with van der Waals surface area (Å²) in [6.45, 7) is 4.71. The van der Waals surface area contributed by atoms with E-state index in [1.54, 1.807) is 0 Å². The van der Waals surface area contributed by atoms with E-state index in [2.05, 4.69) is 11.4 Å². The van der Waals surface area contributed by atoms with Gasteiger partial charge in [-0.25, -0.2) is 0 Å². The van der Waals surface area contributed by atoms with Crippen LogP contribution >= 0.6 is 0 Å². The van der Waals surface area contributed by atoms with E-state index in [1.165, 1.54) is 12.1 Å². The van der Waals surface area contributed by atoms with Crippen molar-refractivity contribution in [3.8, 4) is 6.07 Å². The van der Waals surface area contributed by atoms with Crippen LogP contribution in [0.15, 0.2) is 18.2 Å². The first kappa shape index (κ1) is 15.8. The standard InChI is InChI=1S/C14H20N4O2/c1-4-7-16-12-8-13(10-14(9-12)18(19)20)17(3)11(2)5-6-15/h8-11,16H,4-5,7H2,1-3H3. The van der Waals surface area contributed by atoms with Crippen LogP contribution in [0, 0.1) is 21.4 Å². The fourth-order valence-electron chi connectivity index (χ4n) is 1.80. The number of benzene rings is 1. The molecule has 20 heavy (non-hydrogen) atoms. The summed E-state index contributed by atoms with van der Waals surface area (Å²) in [5.74, 6) is 0. The predicted octanol–water partition coefficient (Wildman–Crippen LogP) is 3.16. The molecule has 0 saturated heterocycles. The van der Waals surface area contributed by atoms with Crippen molar-refractivity contribution in [2.75, 3.05) is 23.8 Å². The van der Waals surface area contributed by atoms with Crippen LogP contribution < -0.4 is 10.2 Å². The van der Waals surface area contributed by atoms with Gasteiger partial charge in [0.15, 0.2) is 0 Å². The Bertz CT molecular complexity index is 510. The van der Waals surface area contributed by atoms with Crippen LogP contribution in [-0.2, 0) is 0 Å². The second-order valence-electron chi connectivity index (χ2n) is 4.74. The maximum Gasteiger partial charge on any atom is 0.273 e. The Morgan fingerprint density at radius 3 is 2.75 bits per heavy atom. The minimum Gasteiger partial charge on any atom is -0.385 e. The van der Waals surface area contributed by atoms with Gasteiger partial charge in [-0.05, 0) is 19.4 Å². The maximum atomic E-state index is 11.0. The lowest BCUT2D eigenvalue weighted by atomic mass is 10.1. The Labute approximate surface area is 119 Å². The van der Waals surface area contributed by atoms with Crippen LogP contribution in [0.3, 0.4) is 0 Å². The number of nitrogens with one attached hydrogen (secondary N) is 1. The summed E-state index contributed by atoms with van der Waals surface area (Å²) in [5, 5.41) is 22.9. The fraction of sp³-hybridized carbons (Fsp3) is 0.500. The summed E-state index contributed by atoms with van der Waals surface area (Å²) in [5.41, 5.74) is 1.52. The molecular weight excluding hydrogens is 256 g/mol. The van der Waals surface area contributed by atoms with E-state index >= 15 is 0 Å². The second-order valence-corrected chi connectivity index (χ2v) is 4.74. The van der Waals surface area contributed by atoms with Gasteiger partial charge in [-0.1, -0.05) is 6.92 Å². The summed E-state index contributed by atoms with van der Waals surface area (Å²) in [7, 11) is 1.84. The van der Waals surface area contributed by atoms with E-state index in [-0.39, 0.29) is 11.7 Å². The third-order valence-corrected chi connectivity index (χ3v) is 3.15. The number of nitro groups is 1. The van der Waals surface area contributed by atoms with Gasteiger partial charge >= 0.3 is 0 Å². The average Bonchev–Trinajstić information content (AvgIpc) is 2.44. The van der Waals surface area contributed by atoms with Gasteiger partial charge in [-0.3, -0.25) is 10.1 Å². The highest BCUT2D eigenvalue weighted by Gasteiger charge is 2.15. The molecule has 0 fully saturated rings. The Balaban J connectivity index is 3.08. The molecule has 0 aromatic heterocycles. The van der Waals surface area contributed by atoms with Crippen molar-refractivity contribution < 1.29 is 4.92 Å².